The number of benzene rings is 3. The van der Waals surface area contributed by atoms with E-state index in [4.69, 9.17) is 21.1 Å². The lowest BCUT2D eigenvalue weighted by Crippen LogP contribution is -2.15. The summed E-state index contributed by atoms with van der Waals surface area (Å²) in [5, 5.41) is 2.79. The van der Waals surface area contributed by atoms with Crippen molar-refractivity contribution < 1.29 is 27.1 Å². The fourth-order valence-electron chi connectivity index (χ4n) is 2.68. The highest BCUT2D eigenvalue weighted by Crippen LogP contribution is 2.30. The Kier molecular flexibility index (Phi) is 6.67. The van der Waals surface area contributed by atoms with Gasteiger partial charge in [0, 0.05) is 17.3 Å². The average Bonchev–Trinajstić information content (AvgIpc) is 2.75. The summed E-state index contributed by atoms with van der Waals surface area (Å²) in [5.41, 5.74) is 0.619. The van der Waals surface area contributed by atoms with Crippen molar-refractivity contribution in [2.45, 2.75) is 4.90 Å². The van der Waals surface area contributed by atoms with Crippen LogP contribution in [0.3, 0.4) is 0 Å². The Morgan fingerprint density at radius 3 is 2.26 bits per heavy atom. The number of ether oxygens (including phenoxy) is 2. The van der Waals surface area contributed by atoms with Gasteiger partial charge in [-0.05, 0) is 54.6 Å². The third kappa shape index (κ3) is 5.25. The van der Waals surface area contributed by atoms with Crippen molar-refractivity contribution in [2.75, 3.05) is 24.3 Å². The lowest BCUT2D eigenvalue weighted by molar-refractivity contribution is 0.102. The number of halogens is 2. The van der Waals surface area contributed by atoms with E-state index in [1.807, 2.05) is 0 Å². The zero-order chi connectivity index (χ0) is 22.6. The fourth-order valence-corrected chi connectivity index (χ4v) is 3.97. The van der Waals surface area contributed by atoms with E-state index < -0.39 is 21.7 Å². The maximum atomic E-state index is 13.1. The number of rotatable bonds is 7. The van der Waals surface area contributed by atoms with Crippen molar-refractivity contribution in [3.63, 3.8) is 0 Å². The first kappa shape index (κ1) is 22.4. The van der Waals surface area contributed by atoms with Gasteiger partial charge in [0.15, 0.2) is 11.5 Å². The second-order valence-corrected chi connectivity index (χ2v) is 8.37. The number of hydrogen-bond donors (Lipinski definition) is 2. The summed E-state index contributed by atoms with van der Waals surface area (Å²) < 4.78 is 50.9. The first-order valence-corrected chi connectivity index (χ1v) is 10.7. The molecule has 1 amide bonds. The smallest absolute Gasteiger partial charge is 0.261 e. The number of sulfonamides is 1. The summed E-state index contributed by atoms with van der Waals surface area (Å²) in [5.74, 6) is -0.120. The molecule has 3 aromatic carbocycles. The highest BCUT2D eigenvalue weighted by atomic mass is 35.5. The largest absolute Gasteiger partial charge is 0.493 e. The maximum absolute atomic E-state index is 13.1. The Bertz CT molecular complexity index is 1220. The zero-order valence-electron chi connectivity index (χ0n) is 16.5. The van der Waals surface area contributed by atoms with Gasteiger partial charge in [-0.1, -0.05) is 11.6 Å². The summed E-state index contributed by atoms with van der Waals surface area (Å²) in [6.07, 6.45) is 0. The predicted octanol–water partition coefficient (Wildman–Crippen LogP) is 4.55. The van der Waals surface area contributed by atoms with Gasteiger partial charge in [-0.2, -0.15) is 0 Å². The Labute approximate surface area is 183 Å². The van der Waals surface area contributed by atoms with Crippen LogP contribution in [0.25, 0.3) is 0 Å². The fraction of sp³-hybridized carbons (Fsp3) is 0.0952. The third-order valence-electron chi connectivity index (χ3n) is 4.24. The minimum Gasteiger partial charge on any atom is -0.493 e. The normalized spacial score (nSPS) is 11.0. The van der Waals surface area contributed by atoms with Crippen LogP contribution >= 0.6 is 11.6 Å². The number of carbonyl (C=O) groups is 1. The quantitative estimate of drug-likeness (QED) is 0.535. The van der Waals surface area contributed by atoms with Gasteiger partial charge in [-0.3, -0.25) is 9.52 Å². The second kappa shape index (κ2) is 9.23. The molecule has 3 aromatic rings. The van der Waals surface area contributed by atoms with Crippen LogP contribution < -0.4 is 19.5 Å². The van der Waals surface area contributed by atoms with Gasteiger partial charge in [0.2, 0.25) is 0 Å². The van der Waals surface area contributed by atoms with Gasteiger partial charge >= 0.3 is 0 Å². The Morgan fingerprint density at radius 1 is 0.935 bits per heavy atom. The number of anilines is 2. The molecule has 3 rings (SSSR count). The van der Waals surface area contributed by atoms with Crippen molar-refractivity contribution in [3.8, 4) is 11.5 Å². The van der Waals surface area contributed by atoms with E-state index >= 15 is 0 Å². The molecular weight excluding hydrogens is 447 g/mol. The van der Waals surface area contributed by atoms with Crippen LogP contribution in [-0.4, -0.2) is 28.5 Å². The lowest BCUT2D eigenvalue weighted by Gasteiger charge is -2.13. The second-order valence-electron chi connectivity index (χ2n) is 6.28. The van der Waals surface area contributed by atoms with Crippen LogP contribution in [0.15, 0.2) is 65.6 Å². The van der Waals surface area contributed by atoms with E-state index in [9.17, 15) is 17.6 Å². The van der Waals surface area contributed by atoms with E-state index in [0.717, 1.165) is 24.3 Å². The molecule has 0 aliphatic rings. The van der Waals surface area contributed by atoms with Gasteiger partial charge in [0.1, 0.15) is 5.82 Å². The highest BCUT2D eigenvalue weighted by Gasteiger charge is 2.18. The first-order valence-electron chi connectivity index (χ1n) is 8.85. The van der Waals surface area contributed by atoms with E-state index in [1.165, 1.54) is 32.4 Å². The first-order chi connectivity index (χ1) is 14.7. The summed E-state index contributed by atoms with van der Waals surface area (Å²) in [7, 11) is -1.06. The molecule has 0 aliphatic carbocycles. The van der Waals surface area contributed by atoms with Crippen molar-refractivity contribution in [1.29, 1.82) is 0 Å². The molecule has 162 valence electrons. The minimum absolute atomic E-state index is 0.00551. The third-order valence-corrected chi connectivity index (χ3v) is 5.95. The number of amides is 1. The molecule has 31 heavy (non-hydrogen) atoms. The molecule has 10 heteroatoms. The number of carbonyl (C=O) groups excluding carboxylic acids is 1. The molecule has 0 unspecified atom stereocenters. The number of methoxy groups -OCH3 is 2. The van der Waals surface area contributed by atoms with E-state index in [1.54, 1.807) is 18.2 Å². The van der Waals surface area contributed by atoms with E-state index in [2.05, 4.69) is 10.0 Å². The molecule has 0 fully saturated rings. The molecule has 0 atom stereocenters. The number of hydrogen-bond acceptors (Lipinski definition) is 5. The van der Waals surface area contributed by atoms with Crippen LogP contribution in [0.4, 0.5) is 15.8 Å². The van der Waals surface area contributed by atoms with E-state index in [-0.39, 0.29) is 21.2 Å². The molecule has 0 saturated carbocycles. The summed E-state index contributed by atoms with van der Waals surface area (Å²) in [6.45, 7) is 0. The highest BCUT2D eigenvalue weighted by molar-refractivity contribution is 7.92. The van der Waals surface area contributed by atoms with Crippen LogP contribution in [0, 0.1) is 5.82 Å². The molecule has 0 bridgehead atoms. The van der Waals surface area contributed by atoms with Gasteiger partial charge < -0.3 is 14.8 Å². The monoisotopic (exact) mass is 464 g/mol. The van der Waals surface area contributed by atoms with Crippen LogP contribution in [-0.2, 0) is 10.0 Å². The lowest BCUT2D eigenvalue weighted by atomic mass is 10.2. The molecule has 0 aliphatic heterocycles. The molecule has 0 saturated heterocycles. The Hall–Kier alpha value is -3.30. The van der Waals surface area contributed by atoms with Crippen molar-refractivity contribution in [3.05, 3.63) is 77.1 Å². The maximum Gasteiger partial charge on any atom is 0.261 e. The molecule has 0 heterocycles. The van der Waals surface area contributed by atoms with Crippen LogP contribution in [0.2, 0.25) is 5.02 Å². The summed E-state index contributed by atoms with van der Waals surface area (Å²) >= 11 is 6.10. The van der Waals surface area contributed by atoms with Crippen molar-refractivity contribution in [2.24, 2.45) is 0 Å². The van der Waals surface area contributed by atoms with Gasteiger partial charge in [0.05, 0.1) is 29.8 Å². The molecule has 0 aromatic heterocycles. The Morgan fingerprint density at radius 2 is 1.61 bits per heavy atom. The van der Waals surface area contributed by atoms with Gasteiger partial charge in [0.25, 0.3) is 15.9 Å². The van der Waals surface area contributed by atoms with Gasteiger partial charge in [-0.25, -0.2) is 12.8 Å². The van der Waals surface area contributed by atoms with Crippen LogP contribution in [0.1, 0.15) is 10.4 Å². The summed E-state index contributed by atoms with van der Waals surface area (Å²) in [4.78, 5) is 12.5. The Balaban J connectivity index is 1.83. The van der Waals surface area contributed by atoms with E-state index in [0.29, 0.717) is 17.2 Å². The topological polar surface area (TPSA) is 93.7 Å². The molecule has 0 spiro atoms. The molecule has 7 nitrogen and oxygen atoms in total. The van der Waals surface area contributed by atoms with Crippen LogP contribution in [0.5, 0.6) is 11.5 Å². The predicted molar refractivity (Wildman–Crippen MR) is 116 cm³/mol. The van der Waals surface area contributed by atoms with Crippen molar-refractivity contribution in [1.82, 2.24) is 0 Å². The average molecular weight is 465 g/mol. The minimum atomic E-state index is -4.03. The molecular formula is C21H18ClFN2O5S. The summed E-state index contributed by atoms with van der Waals surface area (Å²) in [6, 6.07) is 13.3. The van der Waals surface area contributed by atoms with Crippen molar-refractivity contribution >= 4 is 38.9 Å². The SMILES string of the molecule is COc1ccc(NC(=O)c2ccc(Cl)c(NS(=O)(=O)c3ccc(F)cc3)c2)cc1OC. The number of nitrogens with one attached hydrogen (secondary N) is 2. The zero-order valence-corrected chi connectivity index (χ0v) is 18.1. The van der Waals surface area contributed by atoms with Gasteiger partial charge in [-0.15, -0.1) is 0 Å². The standard InChI is InChI=1S/C21H18ClFN2O5S/c1-29-19-10-6-15(12-20(19)30-2)24-21(26)13-3-9-17(22)18(11-13)25-31(27,28)16-7-4-14(23)5-8-16/h3-12,25H,1-2H3,(H,24,26). The molecule has 0 radical (unpaired) electrons. The molecule has 2 N–H and O–H groups in total.